The van der Waals surface area contributed by atoms with Gasteiger partial charge in [-0.15, -0.1) is 11.3 Å². The minimum Gasteiger partial charge on any atom is -0.358 e. The molecule has 0 aliphatic heterocycles. The summed E-state index contributed by atoms with van der Waals surface area (Å²) in [5.41, 5.74) is 1.20. The van der Waals surface area contributed by atoms with Crippen molar-refractivity contribution in [2.45, 2.75) is 20.8 Å². The summed E-state index contributed by atoms with van der Waals surface area (Å²) < 4.78 is 2.07. The third-order valence-electron chi connectivity index (χ3n) is 1.33. The first-order chi connectivity index (χ1) is 5.38. The van der Waals surface area contributed by atoms with Crippen molar-refractivity contribution in [3.8, 4) is 0 Å². The molecule has 13 heavy (non-hydrogen) atoms. The van der Waals surface area contributed by atoms with Gasteiger partial charge in [0, 0.05) is 43.9 Å². The standard InChI is InChI=1S/C6H6N2S.C2H6.CH3.Re/c1-5-4-7-6-8(5)2-3-9-6;1-2;;/h2-4H,1H3;1-2H3;1H3;/q;;-1;. The molecule has 0 aromatic carbocycles. The zero-order valence-electron chi connectivity index (χ0n) is 8.41. The summed E-state index contributed by atoms with van der Waals surface area (Å²) in [6, 6.07) is 0. The van der Waals surface area contributed by atoms with Crippen molar-refractivity contribution < 1.29 is 20.4 Å². The number of nitrogens with zero attached hydrogens (tertiary/aromatic N) is 2. The van der Waals surface area contributed by atoms with Crippen molar-refractivity contribution in [2.75, 3.05) is 0 Å². The van der Waals surface area contributed by atoms with Crippen LogP contribution in [0, 0.1) is 14.4 Å². The Bertz CT molecular complexity index is 327. The second-order valence-corrected chi connectivity index (χ2v) is 2.83. The van der Waals surface area contributed by atoms with Crippen LogP contribution in [0.15, 0.2) is 17.8 Å². The minimum atomic E-state index is 0. The van der Waals surface area contributed by atoms with Crippen LogP contribution in [0.2, 0.25) is 0 Å². The Morgan fingerprint density at radius 2 is 2.00 bits per heavy atom. The van der Waals surface area contributed by atoms with Crippen molar-refractivity contribution in [1.29, 1.82) is 0 Å². The molecule has 0 spiro atoms. The molecule has 1 radical (unpaired) electrons. The van der Waals surface area contributed by atoms with E-state index in [1.165, 1.54) is 5.69 Å². The monoisotopic (exact) mass is 370 g/mol. The van der Waals surface area contributed by atoms with E-state index < -0.39 is 0 Å². The second-order valence-electron chi connectivity index (χ2n) is 1.96. The van der Waals surface area contributed by atoms with Crippen LogP contribution in [0.25, 0.3) is 4.96 Å². The number of hydrogen-bond donors (Lipinski definition) is 0. The Kier molecular flexibility index (Phi) is 8.55. The first-order valence-electron chi connectivity index (χ1n) is 3.75. The SMILES string of the molecule is CC.Cc1cnc2sccn12.[CH3-].[Re]. The molecule has 0 amide bonds. The fourth-order valence-corrected chi connectivity index (χ4v) is 1.58. The van der Waals surface area contributed by atoms with Crippen molar-refractivity contribution >= 4 is 16.3 Å². The van der Waals surface area contributed by atoms with E-state index in [2.05, 4.69) is 9.38 Å². The number of rotatable bonds is 0. The summed E-state index contributed by atoms with van der Waals surface area (Å²) in [7, 11) is 0. The number of fused-ring (bicyclic) bond motifs is 1. The van der Waals surface area contributed by atoms with E-state index in [4.69, 9.17) is 0 Å². The van der Waals surface area contributed by atoms with Gasteiger partial charge in [-0.2, -0.15) is 0 Å². The average Bonchev–Trinajstić information content (AvgIpc) is 2.60. The summed E-state index contributed by atoms with van der Waals surface area (Å²) in [5.74, 6) is 0. The summed E-state index contributed by atoms with van der Waals surface area (Å²) >= 11 is 1.66. The molecule has 2 aromatic rings. The fraction of sp³-hybridized carbons (Fsp3) is 0.333. The van der Waals surface area contributed by atoms with Crippen LogP contribution in [-0.4, -0.2) is 9.38 Å². The van der Waals surface area contributed by atoms with Crippen molar-refractivity contribution in [2.24, 2.45) is 0 Å². The smallest absolute Gasteiger partial charge is 0.193 e. The molecule has 0 fully saturated rings. The van der Waals surface area contributed by atoms with Crippen LogP contribution in [0.3, 0.4) is 0 Å². The first kappa shape index (κ1) is 15.3. The van der Waals surface area contributed by atoms with Gasteiger partial charge < -0.3 is 7.43 Å². The molecule has 0 bridgehead atoms. The second kappa shape index (κ2) is 7.26. The summed E-state index contributed by atoms with van der Waals surface area (Å²) in [6.45, 7) is 6.05. The van der Waals surface area contributed by atoms with Crippen LogP contribution in [0.1, 0.15) is 19.5 Å². The Balaban J connectivity index is 0. The van der Waals surface area contributed by atoms with E-state index in [1.807, 2.05) is 38.5 Å². The fourth-order valence-electron chi connectivity index (χ4n) is 0.845. The van der Waals surface area contributed by atoms with Gasteiger partial charge in [-0.3, -0.25) is 4.40 Å². The van der Waals surface area contributed by atoms with Crippen LogP contribution in [-0.2, 0) is 20.4 Å². The Morgan fingerprint density at radius 3 is 2.54 bits per heavy atom. The summed E-state index contributed by atoms with van der Waals surface area (Å²) in [5, 5.41) is 2.04. The van der Waals surface area contributed by atoms with Gasteiger partial charge >= 0.3 is 0 Å². The largest absolute Gasteiger partial charge is 0.358 e. The van der Waals surface area contributed by atoms with Gasteiger partial charge in [-0.1, -0.05) is 13.8 Å². The molecule has 2 nitrogen and oxygen atoms in total. The van der Waals surface area contributed by atoms with Gasteiger partial charge in [0.25, 0.3) is 0 Å². The van der Waals surface area contributed by atoms with E-state index >= 15 is 0 Å². The maximum absolute atomic E-state index is 4.16. The molecule has 0 aliphatic rings. The third-order valence-corrected chi connectivity index (χ3v) is 2.10. The zero-order valence-corrected chi connectivity index (χ0v) is 11.9. The molecule has 2 aromatic heterocycles. The molecule has 0 aliphatic carbocycles. The molecule has 4 heteroatoms. The molecule has 0 unspecified atom stereocenters. The quantitative estimate of drug-likeness (QED) is 0.652. The van der Waals surface area contributed by atoms with Gasteiger partial charge in [-0.05, 0) is 6.92 Å². The molecule has 0 N–H and O–H groups in total. The van der Waals surface area contributed by atoms with Crippen molar-refractivity contribution in [3.05, 3.63) is 30.9 Å². The topological polar surface area (TPSA) is 17.3 Å². The number of aromatic nitrogens is 2. The van der Waals surface area contributed by atoms with E-state index in [1.54, 1.807) is 11.3 Å². The van der Waals surface area contributed by atoms with Crippen LogP contribution >= 0.6 is 11.3 Å². The minimum absolute atomic E-state index is 0. The van der Waals surface area contributed by atoms with Crippen molar-refractivity contribution in [3.63, 3.8) is 0 Å². The van der Waals surface area contributed by atoms with Gasteiger partial charge in [0.2, 0.25) is 0 Å². The molecule has 2 rings (SSSR count). The normalized spacial score (nSPS) is 7.92. The van der Waals surface area contributed by atoms with Crippen LogP contribution in [0.4, 0.5) is 0 Å². The number of imidazole rings is 1. The number of hydrogen-bond acceptors (Lipinski definition) is 2. The Hall–Kier alpha value is -0.168. The average molecular weight is 370 g/mol. The molecular weight excluding hydrogens is 354 g/mol. The molecular formula is C9H15N2ReS-. The van der Waals surface area contributed by atoms with E-state index in [0.29, 0.717) is 0 Å². The van der Waals surface area contributed by atoms with Crippen LogP contribution < -0.4 is 0 Å². The molecule has 75 valence electrons. The van der Waals surface area contributed by atoms with Gasteiger partial charge in [-0.25, -0.2) is 4.98 Å². The summed E-state index contributed by atoms with van der Waals surface area (Å²) in [6.07, 6.45) is 3.91. The molecule has 2 heterocycles. The molecule has 0 saturated carbocycles. The number of aryl methyl sites for hydroxylation is 1. The maximum atomic E-state index is 4.16. The predicted octanol–water partition coefficient (Wildman–Crippen LogP) is 3.18. The zero-order chi connectivity index (χ0) is 8.27. The summed E-state index contributed by atoms with van der Waals surface area (Å²) in [4.78, 5) is 5.24. The van der Waals surface area contributed by atoms with E-state index in [0.717, 1.165) is 4.96 Å². The van der Waals surface area contributed by atoms with Gasteiger partial charge in [0.15, 0.2) is 4.96 Å². The maximum Gasteiger partial charge on any atom is 0.193 e. The Morgan fingerprint density at radius 1 is 1.38 bits per heavy atom. The first-order valence-corrected chi connectivity index (χ1v) is 4.63. The van der Waals surface area contributed by atoms with Crippen molar-refractivity contribution in [1.82, 2.24) is 9.38 Å². The number of thiazole rings is 1. The predicted molar refractivity (Wildman–Crippen MR) is 55.6 cm³/mol. The van der Waals surface area contributed by atoms with Gasteiger partial charge in [0.1, 0.15) is 0 Å². The molecule has 0 atom stereocenters. The van der Waals surface area contributed by atoms with Crippen LogP contribution in [0.5, 0.6) is 0 Å². The van der Waals surface area contributed by atoms with E-state index in [-0.39, 0.29) is 27.8 Å². The Labute approximate surface area is 97.7 Å². The van der Waals surface area contributed by atoms with E-state index in [9.17, 15) is 0 Å². The van der Waals surface area contributed by atoms with Gasteiger partial charge in [0.05, 0.1) is 0 Å². The third kappa shape index (κ3) is 3.23. The molecule has 0 saturated heterocycles.